The average Bonchev–Trinajstić information content (AvgIpc) is 3.18. The van der Waals surface area contributed by atoms with Crippen molar-refractivity contribution < 1.29 is 13.9 Å². The fourth-order valence-electron chi connectivity index (χ4n) is 2.95. The van der Waals surface area contributed by atoms with E-state index in [1.54, 1.807) is 17.0 Å². The van der Waals surface area contributed by atoms with E-state index >= 15 is 0 Å². The number of hydrogen-bond acceptors (Lipinski definition) is 6. The summed E-state index contributed by atoms with van der Waals surface area (Å²) >= 11 is 0. The monoisotopic (exact) mass is 364 g/mol. The molecule has 2 aromatic carbocycles. The topological polar surface area (TPSA) is 71.7 Å². The lowest BCUT2D eigenvalue weighted by atomic mass is 10.2. The Morgan fingerprint density at radius 2 is 1.59 bits per heavy atom. The summed E-state index contributed by atoms with van der Waals surface area (Å²) in [4.78, 5) is 16.1. The van der Waals surface area contributed by atoms with Crippen LogP contribution in [0.1, 0.15) is 5.89 Å². The van der Waals surface area contributed by atoms with Crippen LogP contribution in [-0.4, -0.2) is 52.3 Å². The number of rotatable bonds is 4. The third-order valence-corrected chi connectivity index (χ3v) is 4.43. The Hall–Kier alpha value is -3.19. The molecule has 1 amide bonds. The Morgan fingerprint density at radius 3 is 2.30 bits per heavy atom. The molecular weight excluding hydrogens is 344 g/mol. The highest BCUT2D eigenvalue weighted by molar-refractivity contribution is 5.70. The molecule has 0 unspecified atom stereocenters. The SMILES string of the molecule is O=C(Oc1ccccc1)N1CCN(Cc2nnc(-c3ccccc3)o2)CC1. The number of carbonyl (C=O) groups is 1. The summed E-state index contributed by atoms with van der Waals surface area (Å²) in [6.45, 7) is 3.23. The van der Waals surface area contributed by atoms with E-state index < -0.39 is 0 Å². The number of aromatic nitrogens is 2. The number of carbonyl (C=O) groups excluding carboxylic acids is 1. The van der Waals surface area contributed by atoms with Crippen molar-refractivity contribution in [3.63, 3.8) is 0 Å². The molecule has 1 saturated heterocycles. The molecule has 4 rings (SSSR count). The molecule has 1 fully saturated rings. The number of para-hydroxylation sites is 1. The molecule has 1 aromatic heterocycles. The lowest BCUT2D eigenvalue weighted by Gasteiger charge is -2.33. The minimum atomic E-state index is -0.315. The Kier molecular flexibility index (Phi) is 5.11. The van der Waals surface area contributed by atoms with Crippen LogP contribution in [-0.2, 0) is 6.54 Å². The quantitative estimate of drug-likeness (QED) is 0.709. The van der Waals surface area contributed by atoms with Crippen LogP contribution in [0.2, 0.25) is 0 Å². The molecule has 27 heavy (non-hydrogen) atoms. The standard InChI is InChI=1S/C20H20N4O3/c25-20(26-17-9-5-2-6-10-17)24-13-11-23(12-14-24)15-18-21-22-19(27-18)16-7-3-1-4-8-16/h1-10H,11-15H2. The van der Waals surface area contributed by atoms with Gasteiger partial charge in [0.15, 0.2) is 0 Å². The molecule has 138 valence electrons. The van der Waals surface area contributed by atoms with E-state index in [2.05, 4.69) is 15.1 Å². The van der Waals surface area contributed by atoms with Crippen molar-refractivity contribution in [2.45, 2.75) is 6.54 Å². The highest BCUT2D eigenvalue weighted by Gasteiger charge is 2.23. The van der Waals surface area contributed by atoms with Crippen molar-refractivity contribution in [1.29, 1.82) is 0 Å². The summed E-state index contributed by atoms with van der Waals surface area (Å²) < 4.78 is 11.1. The second-order valence-corrected chi connectivity index (χ2v) is 6.31. The first kappa shape index (κ1) is 17.2. The minimum Gasteiger partial charge on any atom is -0.419 e. The molecule has 0 saturated carbocycles. The predicted molar refractivity (Wildman–Crippen MR) is 99.1 cm³/mol. The molecular formula is C20H20N4O3. The highest BCUT2D eigenvalue weighted by atomic mass is 16.6. The van der Waals surface area contributed by atoms with Gasteiger partial charge in [0, 0.05) is 31.7 Å². The first-order valence-corrected chi connectivity index (χ1v) is 8.90. The molecule has 1 aliphatic rings. The Bertz CT molecular complexity index is 875. The second kappa shape index (κ2) is 8.01. The zero-order valence-corrected chi connectivity index (χ0v) is 14.8. The van der Waals surface area contributed by atoms with Crippen LogP contribution in [0.25, 0.3) is 11.5 Å². The number of benzene rings is 2. The number of amides is 1. The first-order valence-electron chi connectivity index (χ1n) is 8.90. The van der Waals surface area contributed by atoms with Gasteiger partial charge in [-0.2, -0.15) is 0 Å². The van der Waals surface area contributed by atoms with Gasteiger partial charge >= 0.3 is 6.09 Å². The van der Waals surface area contributed by atoms with E-state index in [9.17, 15) is 4.79 Å². The Balaban J connectivity index is 1.28. The molecule has 7 heteroatoms. The van der Waals surface area contributed by atoms with Gasteiger partial charge in [-0.15, -0.1) is 10.2 Å². The van der Waals surface area contributed by atoms with Gasteiger partial charge in [-0.05, 0) is 24.3 Å². The Labute approximate surface area is 157 Å². The fourth-order valence-corrected chi connectivity index (χ4v) is 2.95. The van der Waals surface area contributed by atoms with Gasteiger partial charge in [-0.3, -0.25) is 4.90 Å². The molecule has 0 atom stereocenters. The van der Waals surface area contributed by atoms with Gasteiger partial charge in [-0.25, -0.2) is 4.79 Å². The number of ether oxygens (including phenoxy) is 1. The largest absolute Gasteiger partial charge is 0.419 e. The van der Waals surface area contributed by atoms with Crippen molar-refractivity contribution >= 4 is 6.09 Å². The van der Waals surface area contributed by atoms with Crippen molar-refractivity contribution in [2.75, 3.05) is 26.2 Å². The number of nitrogens with zero attached hydrogens (tertiary/aromatic N) is 4. The normalized spacial score (nSPS) is 14.9. The maximum Gasteiger partial charge on any atom is 0.415 e. The summed E-state index contributed by atoms with van der Waals surface area (Å²) in [6, 6.07) is 18.8. The van der Waals surface area contributed by atoms with E-state index in [1.807, 2.05) is 48.5 Å². The van der Waals surface area contributed by atoms with Crippen molar-refractivity contribution in [2.24, 2.45) is 0 Å². The zero-order valence-electron chi connectivity index (χ0n) is 14.8. The first-order chi connectivity index (χ1) is 13.3. The van der Waals surface area contributed by atoms with Gasteiger partial charge in [-0.1, -0.05) is 36.4 Å². The number of hydrogen-bond donors (Lipinski definition) is 0. The van der Waals surface area contributed by atoms with Crippen LogP contribution in [0.3, 0.4) is 0 Å². The smallest absolute Gasteiger partial charge is 0.415 e. The van der Waals surface area contributed by atoms with E-state index in [0.717, 1.165) is 18.7 Å². The van der Waals surface area contributed by atoms with Gasteiger partial charge in [0.05, 0.1) is 6.54 Å². The molecule has 1 aliphatic heterocycles. The fraction of sp³-hybridized carbons (Fsp3) is 0.250. The summed E-state index contributed by atoms with van der Waals surface area (Å²) in [5, 5.41) is 8.25. The molecule has 0 spiro atoms. The van der Waals surface area contributed by atoms with Crippen LogP contribution < -0.4 is 4.74 Å². The van der Waals surface area contributed by atoms with Crippen molar-refractivity contribution in [1.82, 2.24) is 20.0 Å². The van der Waals surface area contributed by atoms with Crippen molar-refractivity contribution in [3.8, 4) is 17.2 Å². The van der Waals surface area contributed by atoms with Crippen molar-refractivity contribution in [3.05, 3.63) is 66.6 Å². The van der Waals surface area contributed by atoms with Crippen LogP contribution in [0.5, 0.6) is 5.75 Å². The molecule has 0 N–H and O–H groups in total. The van der Waals surface area contributed by atoms with Crippen LogP contribution in [0, 0.1) is 0 Å². The predicted octanol–water partition coefficient (Wildman–Crippen LogP) is 3.05. The third-order valence-electron chi connectivity index (χ3n) is 4.43. The molecule has 3 aromatic rings. The van der Waals surface area contributed by atoms with Crippen LogP contribution >= 0.6 is 0 Å². The molecule has 0 bridgehead atoms. The molecule has 0 radical (unpaired) electrons. The molecule has 7 nitrogen and oxygen atoms in total. The highest BCUT2D eigenvalue weighted by Crippen LogP contribution is 2.18. The summed E-state index contributed by atoms with van der Waals surface area (Å²) in [5.74, 6) is 1.66. The molecule has 0 aliphatic carbocycles. The summed E-state index contributed by atoms with van der Waals surface area (Å²) in [7, 11) is 0. The van der Waals surface area contributed by atoms with E-state index in [1.165, 1.54) is 0 Å². The minimum absolute atomic E-state index is 0.315. The third kappa shape index (κ3) is 4.32. The average molecular weight is 364 g/mol. The maximum atomic E-state index is 12.2. The van der Waals surface area contributed by atoms with Gasteiger partial charge < -0.3 is 14.1 Å². The number of piperazine rings is 1. The summed E-state index contributed by atoms with van der Waals surface area (Å²) in [5.41, 5.74) is 0.907. The van der Waals surface area contributed by atoms with E-state index in [0.29, 0.717) is 37.2 Å². The second-order valence-electron chi connectivity index (χ2n) is 6.31. The lowest BCUT2D eigenvalue weighted by Crippen LogP contribution is -2.49. The summed E-state index contributed by atoms with van der Waals surface area (Å²) in [6.07, 6.45) is -0.315. The Morgan fingerprint density at radius 1 is 0.926 bits per heavy atom. The van der Waals surface area contributed by atoms with Crippen LogP contribution in [0.4, 0.5) is 4.79 Å². The van der Waals surface area contributed by atoms with Gasteiger partial charge in [0.25, 0.3) is 0 Å². The molecule has 2 heterocycles. The van der Waals surface area contributed by atoms with E-state index in [4.69, 9.17) is 9.15 Å². The van der Waals surface area contributed by atoms with E-state index in [-0.39, 0.29) is 6.09 Å². The van der Waals surface area contributed by atoms with Gasteiger partial charge in [0.1, 0.15) is 5.75 Å². The maximum absolute atomic E-state index is 12.2. The zero-order chi connectivity index (χ0) is 18.5. The van der Waals surface area contributed by atoms with Gasteiger partial charge in [0.2, 0.25) is 11.8 Å². The van der Waals surface area contributed by atoms with Crippen LogP contribution in [0.15, 0.2) is 65.1 Å². The lowest BCUT2D eigenvalue weighted by molar-refractivity contribution is 0.104.